The molecule has 0 aromatic heterocycles. The van der Waals surface area contributed by atoms with E-state index in [2.05, 4.69) is 72.8 Å². The Morgan fingerprint density at radius 3 is 1.71 bits per heavy atom. The molecule has 0 spiro atoms. The van der Waals surface area contributed by atoms with Crippen LogP contribution in [-0.2, 0) is 13.3 Å². The first-order valence-corrected chi connectivity index (χ1v) is 24.7. The molecule has 0 amide bonds. The summed E-state index contributed by atoms with van der Waals surface area (Å²) in [5.74, 6) is 3.14. The molecule has 0 saturated heterocycles. The molecule has 0 aromatic carbocycles. The van der Waals surface area contributed by atoms with Crippen molar-refractivity contribution < 1.29 is 13.3 Å². The highest BCUT2D eigenvalue weighted by Crippen LogP contribution is 2.67. The fourth-order valence-electron chi connectivity index (χ4n) is 9.00. The SMILES string of the molecule is C[C@]12CCC3C(C[C@H](O[Si](C)(C)C)[C@H]4C[C@@H](O[Si](C)(C)C)CC[C@]34C)C1CC[C@@H]2O[Si](C)(C)C. The van der Waals surface area contributed by atoms with E-state index in [0.29, 0.717) is 35.1 Å². The minimum Gasteiger partial charge on any atom is -0.415 e. The fourth-order valence-corrected chi connectivity index (χ4v) is 12.6. The summed E-state index contributed by atoms with van der Waals surface area (Å²) in [7, 11) is -4.69. The quantitative estimate of drug-likeness (QED) is 0.327. The number of hydrogen-bond donors (Lipinski definition) is 0. The highest BCUT2D eigenvalue weighted by Gasteiger charge is 2.63. The van der Waals surface area contributed by atoms with Gasteiger partial charge in [-0.25, -0.2) is 0 Å². The molecule has 198 valence electrons. The highest BCUT2D eigenvalue weighted by molar-refractivity contribution is 6.70. The van der Waals surface area contributed by atoms with Gasteiger partial charge in [0.25, 0.3) is 0 Å². The van der Waals surface area contributed by atoms with Crippen LogP contribution in [0.1, 0.15) is 65.2 Å². The summed E-state index contributed by atoms with van der Waals surface area (Å²) in [6.45, 7) is 26.7. The lowest BCUT2D eigenvalue weighted by molar-refractivity contribution is -0.168. The average molecular weight is 525 g/mol. The maximum atomic E-state index is 7.10. The van der Waals surface area contributed by atoms with Crippen molar-refractivity contribution in [3.63, 3.8) is 0 Å². The van der Waals surface area contributed by atoms with Crippen LogP contribution in [0.5, 0.6) is 0 Å². The van der Waals surface area contributed by atoms with E-state index in [-0.39, 0.29) is 0 Å². The molecule has 34 heavy (non-hydrogen) atoms. The maximum Gasteiger partial charge on any atom is 0.184 e. The molecule has 0 radical (unpaired) electrons. The molecule has 4 fully saturated rings. The molecule has 0 aliphatic heterocycles. The van der Waals surface area contributed by atoms with Gasteiger partial charge in [-0.2, -0.15) is 0 Å². The van der Waals surface area contributed by atoms with E-state index < -0.39 is 25.0 Å². The Morgan fingerprint density at radius 2 is 1.12 bits per heavy atom. The van der Waals surface area contributed by atoms with Crippen LogP contribution < -0.4 is 0 Å². The zero-order valence-electron chi connectivity index (χ0n) is 24.4. The molecule has 0 bridgehead atoms. The van der Waals surface area contributed by atoms with Crippen LogP contribution in [0, 0.1) is 34.5 Å². The Labute approximate surface area is 214 Å². The first-order valence-electron chi connectivity index (χ1n) is 14.4. The van der Waals surface area contributed by atoms with E-state index >= 15 is 0 Å². The molecule has 4 saturated carbocycles. The smallest absolute Gasteiger partial charge is 0.184 e. The zero-order valence-corrected chi connectivity index (χ0v) is 27.4. The van der Waals surface area contributed by atoms with Crippen LogP contribution in [0.4, 0.5) is 0 Å². The second-order valence-electron chi connectivity index (χ2n) is 16.0. The van der Waals surface area contributed by atoms with E-state index in [0.717, 1.165) is 17.8 Å². The van der Waals surface area contributed by atoms with Crippen LogP contribution in [0.3, 0.4) is 0 Å². The lowest BCUT2D eigenvalue weighted by Gasteiger charge is -2.63. The molecular formula is C28H56O3Si3. The first-order chi connectivity index (χ1) is 15.4. The molecule has 6 heteroatoms. The van der Waals surface area contributed by atoms with Crippen LogP contribution in [0.2, 0.25) is 58.9 Å². The van der Waals surface area contributed by atoms with Crippen molar-refractivity contribution in [1.82, 2.24) is 0 Å². The summed E-state index contributed by atoms with van der Waals surface area (Å²) < 4.78 is 20.7. The standard InChI is InChI=1S/C28H56O3Si3/c1-27-16-14-20(29-32(3,4)5)18-24(27)25(30-33(6,7)8)19-21-22-12-13-26(31-34(9,10)11)28(22,2)17-15-23(21)27/h20-26H,12-19H2,1-11H3/t20-,21?,22?,23?,24+,25-,26-,27+,28-/m0/s1. The zero-order chi connectivity index (χ0) is 25.3. The highest BCUT2D eigenvalue weighted by atomic mass is 28.4. The van der Waals surface area contributed by atoms with E-state index in [1.807, 2.05) is 0 Å². The van der Waals surface area contributed by atoms with Crippen molar-refractivity contribution in [3.8, 4) is 0 Å². The topological polar surface area (TPSA) is 27.7 Å². The van der Waals surface area contributed by atoms with Gasteiger partial charge >= 0.3 is 0 Å². The second kappa shape index (κ2) is 9.07. The molecular weight excluding hydrogens is 469 g/mol. The van der Waals surface area contributed by atoms with Crippen molar-refractivity contribution in [2.75, 3.05) is 0 Å². The summed E-state index contributed by atoms with van der Waals surface area (Å²) in [5.41, 5.74) is 0.776. The predicted molar refractivity (Wildman–Crippen MR) is 152 cm³/mol. The van der Waals surface area contributed by atoms with Gasteiger partial charge in [-0.1, -0.05) is 13.8 Å². The number of fused-ring (bicyclic) bond motifs is 5. The molecule has 3 nitrogen and oxygen atoms in total. The lowest BCUT2D eigenvalue weighted by Crippen LogP contribution is -2.60. The van der Waals surface area contributed by atoms with Crippen LogP contribution in [0.25, 0.3) is 0 Å². The molecule has 0 N–H and O–H groups in total. The largest absolute Gasteiger partial charge is 0.415 e. The summed E-state index contributed by atoms with van der Waals surface area (Å²) in [6, 6.07) is 0. The monoisotopic (exact) mass is 524 g/mol. The van der Waals surface area contributed by atoms with Crippen molar-refractivity contribution >= 4 is 25.0 Å². The van der Waals surface area contributed by atoms with Gasteiger partial charge in [-0.05, 0) is 145 Å². The summed E-state index contributed by atoms with van der Waals surface area (Å²) in [6.07, 6.45) is 11.9. The van der Waals surface area contributed by atoms with Crippen molar-refractivity contribution in [2.24, 2.45) is 34.5 Å². The Bertz CT molecular complexity index is 739. The van der Waals surface area contributed by atoms with Gasteiger partial charge in [0.1, 0.15) is 0 Å². The van der Waals surface area contributed by atoms with Crippen molar-refractivity contribution in [2.45, 2.75) is 142 Å². The molecule has 4 aliphatic rings. The third-order valence-corrected chi connectivity index (χ3v) is 13.1. The van der Waals surface area contributed by atoms with Gasteiger partial charge in [0.15, 0.2) is 25.0 Å². The van der Waals surface area contributed by atoms with E-state index in [1.54, 1.807) is 0 Å². The maximum absolute atomic E-state index is 7.10. The Morgan fingerprint density at radius 1 is 0.559 bits per heavy atom. The Kier molecular flexibility index (Phi) is 7.36. The van der Waals surface area contributed by atoms with Crippen LogP contribution in [0.15, 0.2) is 0 Å². The van der Waals surface area contributed by atoms with Gasteiger partial charge in [0.05, 0.1) is 6.10 Å². The average Bonchev–Trinajstić information content (AvgIpc) is 2.95. The molecule has 9 atom stereocenters. The summed E-state index contributed by atoms with van der Waals surface area (Å²) >= 11 is 0. The summed E-state index contributed by atoms with van der Waals surface area (Å²) in [5, 5.41) is 0. The fraction of sp³-hybridized carbons (Fsp3) is 1.00. The van der Waals surface area contributed by atoms with Crippen molar-refractivity contribution in [1.29, 1.82) is 0 Å². The van der Waals surface area contributed by atoms with Gasteiger partial charge in [-0.15, -0.1) is 0 Å². The van der Waals surface area contributed by atoms with E-state index in [4.69, 9.17) is 13.3 Å². The Hall–Kier alpha value is 0.531. The van der Waals surface area contributed by atoms with Gasteiger partial charge < -0.3 is 13.3 Å². The van der Waals surface area contributed by atoms with Crippen LogP contribution in [-0.4, -0.2) is 43.3 Å². The molecule has 3 unspecified atom stereocenters. The van der Waals surface area contributed by atoms with Crippen molar-refractivity contribution in [3.05, 3.63) is 0 Å². The second-order valence-corrected chi connectivity index (χ2v) is 29.3. The molecule has 4 aliphatic carbocycles. The minimum atomic E-state index is -1.63. The van der Waals surface area contributed by atoms with Gasteiger partial charge in [0.2, 0.25) is 0 Å². The summed E-state index contributed by atoms with van der Waals surface area (Å²) in [4.78, 5) is 0. The minimum absolute atomic E-state index is 0.368. The van der Waals surface area contributed by atoms with Gasteiger partial charge in [0, 0.05) is 12.2 Å². The normalized spacial score (nSPS) is 45.4. The molecule has 0 heterocycles. The first kappa shape index (κ1) is 27.6. The number of rotatable bonds is 6. The number of hydrogen-bond acceptors (Lipinski definition) is 3. The van der Waals surface area contributed by atoms with Gasteiger partial charge in [-0.3, -0.25) is 0 Å². The van der Waals surface area contributed by atoms with E-state index in [1.165, 1.54) is 51.4 Å². The Balaban J connectivity index is 1.62. The van der Waals surface area contributed by atoms with Crippen LogP contribution >= 0.6 is 0 Å². The lowest BCUT2D eigenvalue weighted by atomic mass is 9.44. The third kappa shape index (κ3) is 5.52. The molecule has 4 rings (SSSR count). The molecule has 0 aromatic rings. The predicted octanol–water partition coefficient (Wildman–Crippen LogP) is 8.30. The third-order valence-electron chi connectivity index (χ3n) is 10.0. The van der Waals surface area contributed by atoms with E-state index in [9.17, 15) is 0 Å².